The van der Waals surface area contributed by atoms with Crippen molar-refractivity contribution >= 4 is 41.6 Å². The number of allylic oxidation sites excluding steroid dienone is 4. The van der Waals surface area contributed by atoms with Crippen LogP contribution in [0.25, 0.3) is 0 Å². The second-order valence-electron chi connectivity index (χ2n) is 9.27. The van der Waals surface area contributed by atoms with E-state index in [1.165, 1.54) is 82.6 Å². The summed E-state index contributed by atoms with van der Waals surface area (Å²) >= 11 is -1.32. The van der Waals surface area contributed by atoms with Gasteiger partial charge < -0.3 is 0 Å². The molecule has 0 heterocycles. The van der Waals surface area contributed by atoms with E-state index in [1.807, 2.05) is 18.8 Å². The van der Waals surface area contributed by atoms with Gasteiger partial charge in [-0.05, 0) is 67.9 Å². The molecule has 2 saturated carbocycles. The third-order valence-electron chi connectivity index (χ3n) is 6.25. The average molecular weight is 601 g/mol. The van der Waals surface area contributed by atoms with Gasteiger partial charge in [0.1, 0.15) is 0 Å². The normalized spacial score (nSPS) is 19.7. The van der Waals surface area contributed by atoms with Crippen LogP contribution in [0.3, 0.4) is 0 Å². The van der Waals surface area contributed by atoms with Gasteiger partial charge in [-0.25, -0.2) is 0 Å². The third kappa shape index (κ3) is 14.7. The van der Waals surface area contributed by atoms with Gasteiger partial charge in [0.15, 0.2) is 0 Å². The van der Waals surface area contributed by atoms with E-state index in [0.29, 0.717) is 12.0 Å². The Bertz CT molecular complexity index is 537. The first-order valence-electron chi connectivity index (χ1n) is 13.3. The fraction of sp³-hybridized carbons (Fsp3) is 0.821. The molecule has 0 bridgehead atoms. The number of hydrogen-bond donors (Lipinski definition) is 0. The SMILES string of the molecule is CC.CC/C=C(C=NC1CCCCC1)\C(CC(C)C)=C(/CC)C1CCCCC1.CI(Cl)Cl. The molecule has 0 spiro atoms. The molecule has 0 aromatic heterocycles. The average Bonchev–Trinajstić information content (AvgIpc) is 2.79. The Labute approximate surface area is 216 Å². The molecule has 4 heteroatoms. The minimum atomic E-state index is -1.32. The standard InChI is InChI=1S/C25H43N.C2H6.CH3Cl2I/c1-5-13-22(19-26-23-16-11-8-12-17-23)25(18-20(3)4)24(6-2)21-14-9-7-10-15-21;1-2;1-4(2)3/h13,19-21,23H,5-12,14-18H2,1-4H3;1-2H3;1H3/b22-13-,25-24+,26-19?;;. The Kier molecular flexibility index (Phi) is 21.1. The van der Waals surface area contributed by atoms with E-state index in [-0.39, 0.29) is 0 Å². The molecule has 2 rings (SSSR count). The van der Waals surface area contributed by atoms with E-state index in [0.717, 1.165) is 12.3 Å². The van der Waals surface area contributed by atoms with Crippen LogP contribution in [0.4, 0.5) is 0 Å². The van der Waals surface area contributed by atoms with Gasteiger partial charge >= 0.3 is 40.3 Å². The fourth-order valence-electron chi connectivity index (χ4n) is 4.93. The second-order valence-corrected chi connectivity index (χ2v) is 17.9. The first-order valence-corrected chi connectivity index (χ1v) is 20.9. The van der Waals surface area contributed by atoms with Gasteiger partial charge in [0.25, 0.3) is 0 Å². The van der Waals surface area contributed by atoms with E-state index < -0.39 is 17.6 Å². The van der Waals surface area contributed by atoms with Crippen molar-refractivity contribution in [2.45, 2.75) is 131 Å². The van der Waals surface area contributed by atoms with Crippen molar-refractivity contribution in [2.75, 3.05) is 4.93 Å². The van der Waals surface area contributed by atoms with Gasteiger partial charge in [-0.15, -0.1) is 0 Å². The van der Waals surface area contributed by atoms with Gasteiger partial charge in [-0.2, -0.15) is 0 Å². The van der Waals surface area contributed by atoms with Crippen LogP contribution in [-0.2, 0) is 0 Å². The maximum atomic E-state index is 5.20. The van der Waals surface area contributed by atoms with Crippen LogP contribution in [-0.4, -0.2) is 17.2 Å². The minimum absolute atomic E-state index is 0.573. The van der Waals surface area contributed by atoms with Crippen LogP contribution < -0.4 is 0 Å². The van der Waals surface area contributed by atoms with Crippen molar-refractivity contribution in [3.8, 4) is 0 Å². The Morgan fingerprint density at radius 2 is 1.44 bits per heavy atom. The Morgan fingerprint density at radius 3 is 1.88 bits per heavy atom. The third-order valence-corrected chi connectivity index (χ3v) is 6.25. The molecule has 190 valence electrons. The first-order chi connectivity index (χ1) is 15.4. The Hall–Kier alpha value is 0.460. The van der Waals surface area contributed by atoms with Crippen LogP contribution >= 0.6 is 35.4 Å². The molecule has 0 atom stereocenters. The zero-order valence-electron chi connectivity index (χ0n) is 22.2. The summed E-state index contributed by atoms with van der Waals surface area (Å²) in [6, 6.07) is 0.573. The van der Waals surface area contributed by atoms with Gasteiger partial charge in [0.2, 0.25) is 0 Å². The summed E-state index contributed by atoms with van der Waals surface area (Å²) in [5, 5.41) is 0. The molecule has 1 nitrogen and oxygen atoms in total. The molecule has 0 unspecified atom stereocenters. The van der Waals surface area contributed by atoms with Crippen molar-refractivity contribution in [1.29, 1.82) is 0 Å². The molecule has 0 N–H and O–H groups in total. The zero-order chi connectivity index (χ0) is 24.4. The topological polar surface area (TPSA) is 12.4 Å². The van der Waals surface area contributed by atoms with Crippen LogP contribution in [0.5, 0.6) is 0 Å². The van der Waals surface area contributed by atoms with Crippen molar-refractivity contribution in [3.63, 3.8) is 0 Å². The quantitative estimate of drug-likeness (QED) is 0.114. The van der Waals surface area contributed by atoms with Crippen molar-refractivity contribution in [1.82, 2.24) is 0 Å². The van der Waals surface area contributed by atoms with E-state index in [9.17, 15) is 0 Å². The molecule has 32 heavy (non-hydrogen) atoms. The number of aliphatic imine (C=N–C) groups is 1. The van der Waals surface area contributed by atoms with Crippen LogP contribution in [0.2, 0.25) is 0 Å². The molecule has 0 aromatic carbocycles. The molecule has 0 saturated heterocycles. The molecule has 0 aromatic rings. The number of halogens is 3. The van der Waals surface area contributed by atoms with E-state index in [2.05, 4.69) is 40.0 Å². The van der Waals surface area contributed by atoms with Crippen molar-refractivity contribution < 1.29 is 0 Å². The summed E-state index contributed by atoms with van der Waals surface area (Å²) in [6.45, 7) is 13.4. The van der Waals surface area contributed by atoms with E-state index in [1.54, 1.807) is 11.1 Å². The Morgan fingerprint density at radius 1 is 0.938 bits per heavy atom. The summed E-state index contributed by atoms with van der Waals surface area (Å²) in [4.78, 5) is 6.92. The van der Waals surface area contributed by atoms with Gasteiger partial charge in [-0.3, -0.25) is 4.99 Å². The first kappa shape index (κ1) is 32.5. The van der Waals surface area contributed by atoms with Crippen LogP contribution in [0.15, 0.2) is 27.8 Å². The molecule has 0 amide bonds. The number of alkyl halides is 1. The van der Waals surface area contributed by atoms with Gasteiger partial charge in [0, 0.05) is 12.3 Å². The van der Waals surface area contributed by atoms with Crippen molar-refractivity contribution in [3.05, 3.63) is 22.8 Å². The Balaban J connectivity index is 0.00000144. The van der Waals surface area contributed by atoms with Gasteiger partial charge in [0.05, 0.1) is 0 Å². The molecule has 2 fully saturated rings. The number of nitrogens with zero attached hydrogens (tertiary/aromatic N) is 1. The zero-order valence-corrected chi connectivity index (χ0v) is 25.8. The maximum absolute atomic E-state index is 5.20. The molecular weight excluding hydrogens is 548 g/mol. The molecule has 2 aliphatic carbocycles. The molecule has 0 aliphatic heterocycles. The summed E-state index contributed by atoms with van der Waals surface area (Å²) in [5.41, 5.74) is 4.86. The van der Waals surface area contributed by atoms with Crippen molar-refractivity contribution in [2.24, 2.45) is 16.8 Å². The van der Waals surface area contributed by atoms with Crippen LogP contribution in [0.1, 0.15) is 125 Å². The molecule has 2 aliphatic rings. The van der Waals surface area contributed by atoms with Gasteiger partial charge in [-0.1, -0.05) is 91.7 Å². The number of hydrogen-bond acceptors (Lipinski definition) is 1. The van der Waals surface area contributed by atoms with Crippen LogP contribution in [0, 0.1) is 11.8 Å². The molecular formula is C28H52Cl2IN. The summed E-state index contributed by atoms with van der Waals surface area (Å²) in [6.07, 6.45) is 22.1. The molecule has 0 radical (unpaired) electrons. The van der Waals surface area contributed by atoms with E-state index >= 15 is 0 Å². The second kappa shape index (κ2) is 20.8. The predicted molar refractivity (Wildman–Crippen MR) is 160 cm³/mol. The monoisotopic (exact) mass is 599 g/mol. The summed E-state index contributed by atoms with van der Waals surface area (Å²) in [5.74, 6) is 1.53. The summed E-state index contributed by atoms with van der Waals surface area (Å²) < 4.78 is 0. The fourth-order valence-corrected chi connectivity index (χ4v) is 4.93. The summed E-state index contributed by atoms with van der Waals surface area (Å²) in [7, 11) is 10.4. The predicted octanol–water partition coefficient (Wildman–Crippen LogP) is 11.5. The van der Waals surface area contributed by atoms with E-state index in [4.69, 9.17) is 22.8 Å². The number of rotatable bonds is 8.